The van der Waals surface area contributed by atoms with Gasteiger partial charge < -0.3 is 4.57 Å². The Bertz CT molecular complexity index is 2310. The lowest BCUT2D eigenvalue weighted by molar-refractivity contribution is 0.528. The fourth-order valence-corrected chi connectivity index (χ4v) is 7.17. The van der Waals surface area contributed by atoms with Crippen molar-refractivity contribution >= 4 is 21.8 Å². The van der Waals surface area contributed by atoms with Crippen LogP contribution in [0.25, 0.3) is 66.3 Å². The van der Waals surface area contributed by atoms with E-state index in [2.05, 4.69) is 150 Å². The van der Waals surface area contributed by atoms with Gasteiger partial charge in [0.1, 0.15) is 0 Å². The zero-order valence-electron chi connectivity index (χ0n) is 26.5. The summed E-state index contributed by atoms with van der Waals surface area (Å²) in [5, 5.41) is 22.2. The van der Waals surface area contributed by atoms with Crippen molar-refractivity contribution in [1.29, 1.82) is 10.5 Å². The Kier molecular flexibility index (Phi) is 7.29. The largest absolute Gasteiger partial charge is 0.331 e. The highest BCUT2D eigenvalue weighted by atomic mass is 15.0. The van der Waals surface area contributed by atoms with Gasteiger partial charge in [-0.25, -0.2) is 0 Å². The van der Waals surface area contributed by atoms with Crippen molar-refractivity contribution in [3.8, 4) is 56.6 Å². The molecule has 1 heterocycles. The first kappa shape index (κ1) is 29.0. The van der Waals surface area contributed by atoms with Gasteiger partial charge in [0.2, 0.25) is 0 Å². The van der Waals surface area contributed by atoms with Crippen LogP contribution in [0.2, 0.25) is 0 Å². The molecule has 0 saturated heterocycles. The van der Waals surface area contributed by atoms with Crippen LogP contribution in [0.15, 0.2) is 169 Å². The average molecular weight is 614 g/mol. The second-order valence-electron chi connectivity index (χ2n) is 12.4. The Morgan fingerprint density at radius 3 is 1.31 bits per heavy atom. The second kappa shape index (κ2) is 12.1. The molecule has 0 amide bonds. The number of benzene rings is 6. The third kappa shape index (κ3) is 5.09. The molecular formula is C45H31N3. The van der Waals surface area contributed by atoms with Crippen molar-refractivity contribution in [3.05, 3.63) is 169 Å². The average Bonchev–Trinajstić information content (AvgIpc) is 3.47. The molecule has 0 aliphatic heterocycles. The summed E-state index contributed by atoms with van der Waals surface area (Å²) in [6.07, 6.45) is 3.72. The fourth-order valence-electron chi connectivity index (χ4n) is 7.17. The minimum Gasteiger partial charge on any atom is -0.331 e. The Balaban J connectivity index is 1.28. The van der Waals surface area contributed by atoms with Crippen molar-refractivity contribution < 1.29 is 0 Å². The molecule has 1 aliphatic rings. The lowest BCUT2D eigenvalue weighted by Gasteiger charge is -2.28. The van der Waals surface area contributed by atoms with Crippen LogP contribution < -0.4 is 0 Å². The Morgan fingerprint density at radius 2 is 0.896 bits per heavy atom. The summed E-state index contributed by atoms with van der Waals surface area (Å²) in [7, 11) is 0. The van der Waals surface area contributed by atoms with Crippen LogP contribution >= 0.6 is 0 Å². The third-order valence-corrected chi connectivity index (χ3v) is 9.56. The number of nitrogens with zero attached hydrogens (tertiary/aromatic N) is 3. The first-order valence-electron chi connectivity index (χ1n) is 16.2. The van der Waals surface area contributed by atoms with E-state index in [9.17, 15) is 10.5 Å². The normalized spacial score (nSPS) is 15.8. The van der Waals surface area contributed by atoms with E-state index in [0.717, 1.165) is 49.6 Å². The molecule has 6 aromatic carbocycles. The Labute approximate surface area is 280 Å². The van der Waals surface area contributed by atoms with Gasteiger partial charge >= 0.3 is 0 Å². The zero-order chi connectivity index (χ0) is 32.6. The van der Waals surface area contributed by atoms with Crippen LogP contribution in [-0.4, -0.2) is 4.57 Å². The van der Waals surface area contributed by atoms with Crippen molar-refractivity contribution in [3.63, 3.8) is 0 Å². The summed E-state index contributed by atoms with van der Waals surface area (Å²) in [5.74, 6) is -0.459. The molecule has 1 aromatic heterocycles. The monoisotopic (exact) mass is 613 g/mol. The highest BCUT2D eigenvalue weighted by molar-refractivity contribution is 6.11. The van der Waals surface area contributed by atoms with Gasteiger partial charge in [-0.1, -0.05) is 121 Å². The molecule has 2 atom stereocenters. The quantitative estimate of drug-likeness (QED) is 0.194. The molecule has 0 saturated carbocycles. The summed E-state index contributed by atoms with van der Waals surface area (Å²) in [5.41, 5.74) is 13.0. The van der Waals surface area contributed by atoms with Gasteiger partial charge in [0, 0.05) is 27.4 Å². The number of rotatable bonds is 5. The molecule has 3 heteroatoms. The lowest BCUT2D eigenvalue weighted by atomic mass is 9.86. The van der Waals surface area contributed by atoms with Crippen molar-refractivity contribution in [2.24, 2.45) is 5.92 Å². The summed E-state index contributed by atoms with van der Waals surface area (Å²) >= 11 is 0. The second-order valence-corrected chi connectivity index (χ2v) is 12.4. The molecule has 1 aliphatic carbocycles. The van der Waals surface area contributed by atoms with Crippen LogP contribution in [0.5, 0.6) is 0 Å². The van der Waals surface area contributed by atoms with E-state index in [-0.39, 0.29) is 6.04 Å². The van der Waals surface area contributed by atoms with Gasteiger partial charge in [-0.2, -0.15) is 10.5 Å². The summed E-state index contributed by atoms with van der Waals surface area (Å²) in [4.78, 5) is 0. The molecule has 0 bridgehead atoms. The lowest BCUT2D eigenvalue weighted by Crippen LogP contribution is -2.21. The summed E-state index contributed by atoms with van der Waals surface area (Å²) in [6, 6.07) is 56.2. The highest BCUT2D eigenvalue weighted by Crippen LogP contribution is 2.42. The first-order valence-corrected chi connectivity index (χ1v) is 16.2. The standard InChI is InChI=1S/C45H31N3/c1-30-24-31(28-46)25-40(29-47)45(30)48-43-22-20-38(36-16-12-34(13-17-36)32-8-4-2-5-9-32)26-41(43)42-27-39(21-23-44(42)48)37-18-14-35(15-19-37)33-10-6-3-7-11-33/h2-27,40,45H,1H3. The minimum atomic E-state index is -0.459. The molecule has 48 heavy (non-hydrogen) atoms. The van der Waals surface area contributed by atoms with Crippen molar-refractivity contribution in [2.45, 2.75) is 13.0 Å². The van der Waals surface area contributed by atoms with E-state index in [4.69, 9.17) is 0 Å². The molecule has 0 fully saturated rings. The van der Waals surface area contributed by atoms with E-state index in [1.54, 1.807) is 6.08 Å². The molecule has 226 valence electrons. The van der Waals surface area contributed by atoms with E-state index in [1.807, 2.05) is 25.1 Å². The van der Waals surface area contributed by atoms with Crippen molar-refractivity contribution in [2.75, 3.05) is 0 Å². The maximum absolute atomic E-state index is 10.3. The Morgan fingerprint density at radius 1 is 0.500 bits per heavy atom. The SMILES string of the molecule is CC1=CC(C#N)=CC(C#N)C1n1c2ccc(-c3ccc(-c4ccccc4)cc3)cc2c2cc(-c3ccc(-c4ccccc4)cc3)ccc21. The zero-order valence-corrected chi connectivity index (χ0v) is 26.5. The number of hydrogen-bond donors (Lipinski definition) is 0. The van der Waals surface area contributed by atoms with E-state index < -0.39 is 5.92 Å². The molecule has 0 N–H and O–H groups in total. The van der Waals surface area contributed by atoms with E-state index in [0.29, 0.717) is 5.57 Å². The smallest absolute Gasteiger partial charge is 0.0988 e. The van der Waals surface area contributed by atoms with Crippen LogP contribution in [0.4, 0.5) is 0 Å². The number of nitriles is 2. The topological polar surface area (TPSA) is 52.5 Å². The van der Waals surface area contributed by atoms with Crippen LogP contribution in [0.1, 0.15) is 13.0 Å². The first-order chi connectivity index (χ1) is 23.6. The molecule has 8 rings (SSSR count). The molecule has 0 radical (unpaired) electrons. The predicted octanol–water partition coefficient (Wildman–Crippen LogP) is 11.6. The van der Waals surface area contributed by atoms with Gasteiger partial charge in [0.25, 0.3) is 0 Å². The maximum atomic E-state index is 10.3. The van der Waals surface area contributed by atoms with Gasteiger partial charge in [0.15, 0.2) is 0 Å². The Hall–Kier alpha value is -6.42. The predicted molar refractivity (Wildman–Crippen MR) is 197 cm³/mol. The maximum Gasteiger partial charge on any atom is 0.0988 e. The summed E-state index contributed by atoms with van der Waals surface area (Å²) in [6.45, 7) is 2.03. The summed E-state index contributed by atoms with van der Waals surface area (Å²) < 4.78 is 2.31. The van der Waals surface area contributed by atoms with Gasteiger partial charge in [0.05, 0.1) is 24.1 Å². The van der Waals surface area contributed by atoms with Crippen LogP contribution in [-0.2, 0) is 0 Å². The van der Waals surface area contributed by atoms with E-state index in [1.165, 1.54) is 22.3 Å². The van der Waals surface area contributed by atoms with Gasteiger partial charge in [-0.15, -0.1) is 0 Å². The van der Waals surface area contributed by atoms with Gasteiger partial charge in [-0.05, 0) is 93.4 Å². The number of hydrogen-bond acceptors (Lipinski definition) is 2. The molecule has 0 spiro atoms. The highest BCUT2D eigenvalue weighted by Gasteiger charge is 2.30. The van der Waals surface area contributed by atoms with E-state index >= 15 is 0 Å². The van der Waals surface area contributed by atoms with Crippen LogP contribution in [0, 0.1) is 28.6 Å². The van der Waals surface area contributed by atoms with Gasteiger partial charge in [-0.3, -0.25) is 0 Å². The molecule has 2 unspecified atom stereocenters. The van der Waals surface area contributed by atoms with Crippen molar-refractivity contribution in [1.82, 2.24) is 4.57 Å². The number of fused-ring (bicyclic) bond motifs is 3. The molecule has 7 aromatic rings. The third-order valence-electron chi connectivity index (χ3n) is 9.56. The number of aromatic nitrogens is 1. The fraction of sp³-hybridized carbons (Fsp3) is 0.0667. The minimum absolute atomic E-state index is 0.223. The number of allylic oxidation sites excluding steroid dienone is 4. The molecular weight excluding hydrogens is 583 g/mol. The molecule has 3 nitrogen and oxygen atoms in total. The van der Waals surface area contributed by atoms with Crippen LogP contribution in [0.3, 0.4) is 0 Å².